The number of pyridine rings is 1. The Bertz CT molecular complexity index is 774. The van der Waals surface area contributed by atoms with E-state index < -0.39 is 0 Å². The van der Waals surface area contributed by atoms with E-state index in [4.69, 9.17) is 0 Å². The summed E-state index contributed by atoms with van der Waals surface area (Å²) in [6.07, 6.45) is 3.14. The maximum Gasteiger partial charge on any atom is 0.188 e. The van der Waals surface area contributed by atoms with Gasteiger partial charge < -0.3 is 5.32 Å². The van der Waals surface area contributed by atoms with Crippen molar-refractivity contribution in [3.05, 3.63) is 41.2 Å². The molecule has 0 radical (unpaired) electrons. The van der Waals surface area contributed by atoms with E-state index in [1.54, 1.807) is 11.3 Å². The number of hydrogen-bond acceptors (Lipinski definition) is 5. The van der Waals surface area contributed by atoms with Crippen LogP contribution < -0.4 is 5.32 Å². The summed E-state index contributed by atoms with van der Waals surface area (Å²) in [5.74, 6) is 0.819. The van der Waals surface area contributed by atoms with Gasteiger partial charge in [0.05, 0.1) is 11.4 Å². The van der Waals surface area contributed by atoms with Crippen molar-refractivity contribution in [1.29, 1.82) is 0 Å². The summed E-state index contributed by atoms with van der Waals surface area (Å²) in [5.41, 5.74) is 4.05. The van der Waals surface area contributed by atoms with Gasteiger partial charge in [0.15, 0.2) is 5.13 Å². The normalized spacial score (nSPS) is 10.9. The molecule has 3 aromatic rings. The van der Waals surface area contributed by atoms with Gasteiger partial charge in [-0.1, -0.05) is 13.0 Å². The molecule has 0 saturated carbocycles. The van der Waals surface area contributed by atoms with E-state index in [-0.39, 0.29) is 0 Å². The molecular formula is C16H19N5S. The summed E-state index contributed by atoms with van der Waals surface area (Å²) in [5, 5.41) is 10.7. The average molecular weight is 313 g/mol. The Balaban J connectivity index is 1.81. The molecule has 5 nitrogen and oxygen atoms in total. The van der Waals surface area contributed by atoms with Crippen LogP contribution in [0.4, 0.5) is 10.9 Å². The zero-order valence-electron chi connectivity index (χ0n) is 13.0. The second kappa shape index (κ2) is 6.27. The number of nitrogens with zero attached hydrogens (tertiary/aromatic N) is 4. The lowest BCUT2D eigenvalue weighted by atomic mass is 10.2. The number of rotatable bonds is 5. The van der Waals surface area contributed by atoms with Gasteiger partial charge in [-0.15, -0.1) is 11.3 Å². The Labute approximate surface area is 134 Å². The first-order valence-electron chi connectivity index (χ1n) is 7.36. The highest BCUT2D eigenvalue weighted by Crippen LogP contribution is 2.28. The molecule has 0 aliphatic heterocycles. The molecule has 0 aromatic carbocycles. The zero-order chi connectivity index (χ0) is 15.5. The predicted molar refractivity (Wildman–Crippen MR) is 90.6 cm³/mol. The standard InChI is InChI=1S/C16H19N5S/c1-4-8-21-9-13(12(3)20-21)14-10-22-16(18-14)19-15-7-5-6-11(2)17-15/h5-7,9-10H,4,8H2,1-3H3,(H,17,18,19). The van der Waals surface area contributed by atoms with E-state index in [0.717, 1.165) is 46.6 Å². The molecule has 0 amide bonds. The third-order valence-corrected chi connectivity index (χ3v) is 4.06. The molecule has 1 N–H and O–H groups in total. The first kappa shape index (κ1) is 14.7. The quantitative estimate of drug-likeness (QED) is 0.768. The highest BCUT2D eigenvalue weighted by atomic mass is 32.1. The molecule has 6 heteroatoms. The molecule has 3 heterocycles. The fourth-order valence-electron chi connectivity index (χ4n) is 2.29. The Morgan fingerprint density at radius 3 is 2.86 bits per heavy atom. The minimum absolute atomic E-state index is 0.819. The van der Waals surface area contributed by atoms with Gasteiger partial charge in [0.1, 0.15) is 5.82 Å². The molecule has 0 saturated heterocycles. The van der Waals surface area contributed by atoms with Crippen LogP contribution in [0.2, 0.25) is 0 Å². The van der Waals surface area contributed by atoms with Gasteiger partial charge in [-0.05, 0) is 32.4 Å². The maximum absolute atomic E-state index is 4.65. The molecule has 0 spiro atoms. The topological polar surface area (TPSA) is 55.6 Å². The highest BCUT2D eigenvalue weighted by molar-refractivity contribution is 7.14. The van der Waals surface area contributed by atoms with Crippen LogP contribution in [-0.2, 0) is 6.54 Å². The van der Waals surface area contributed by atoms with Crippen molar-refractivity contribution in [3.63, 3.8) is 0 Å². The van der Waals surface area contributed by atoms with Crippen molar-refractivity contribution in [2.24, 2.45) is 0 Å². The molecule has 0 bridgehead atoms. The molecule has 0 aliphatic rings. The second-order valence-corrected chi connectivity index (χ2v) is 6.08. The van der Waals surface area contributed by atoms with Gasteiger partial charge in [-0.25, -0.2) is 9.97 Å². The summed E-state index contributed by atoms with van der Waals surface area (Å²) < 4.78 is 1.99. The van der Waals surface area contributed by atoms with Gasteiger partial charge in [-0.2, -0.15) is 5.10 Å². The first-order valence-corrected chi connectivity index (χ1v) is 8.24. The van der Waals surface area contributed by atoms with Crippen molar-refractivity contribution in [3.8, 4) is 11.3 Å². The van der Waals surface area contributed by atoms with Crippen molar-refractivity contribution in [2.45, 2.75) is 33.7 Å². The third-order valence-electron chi connectivity index (χ3n) is 3.30. The number of anilines is 2. The van der Waals surface area contributed by atoms with Crippen LogP contribution in [0, 0.1) is 13.8 Å². The number of nitrogens with one attached hydrogen (secondary N) is 1. The van der Waals surface area contributed by atoms with E-state index in [0.29, 0.717) is 0 Å². The summed E-state index contributed by atoms with van der Waals surface area (Å²) in [6.45, 7) is 7.08. The molecule has 22 heavy (non-hydrogen) atoms. The van der Waals surface area contributed by atoms with Crippen molar-refractivity contribution in [2.75, 3.05) is 5.32 Å². The molecule has 0 unspecified atom stereocenters. The van der Waals surface area contributed by atoms with Crippen LogP contribution >= 0.6 is 11.3 Å². The van der Waals surface area contributed by atoms with E-state index in [1.165, 1.54) is 0 Å². The first-order chi connectivity index (χ1) is 10.7. The van der Waals surface area contributed by atoms with Gasteiger partial charge in [0, 0.05) is 29.4 Å². The van der Waals surface area contributed by atoms with Gasteiger partial charge in [0.2, 0.25) is 0 Å². The maximum atomic E-state index is 4.65. The van der Waals surface area contributed by atoms with Crippen molar-refractivity contribution in [1.82, 2.24) is 19.7 Å². The number of thiazole rings is 1. The molecule has 114 valence electrons. The average Bonchev–Trinajstić information content (AvgIpc) is 3.06. The number of hydrogen-bond donors (Lipinski definition) is 1. The molecule has 3 aromatic heterocycles. The van der Waals surface area contributed by atoms with Crippen LogP contribution in [0.25, 0.3) is 11.3 Å². The molecule has 0 fully saturated rings. The molecule has 0 aliphatic carbocycles. The van der Waals surface area contributed by atoms with E-state index >= 15 is 0 Å². The van der Waals surface area contributed by atoms with Crippen LogP contribution in [0.15, 0.2) is 29.8 Å². The van der Waals surface area contributed by atoms with E-state index in [2.05, 4.69) is 38.9 Å². The van der Waals surface area contributed by atoms with Gasteiger partial charge in [0.25, 0.3) is 0 Å². The number of aryl methyl sites for hydroxylation is 3. The predicted octanol–water partition coefficient (Wildman–Crippen LogP) is 4.17. The van der Waals surface area contributed by atoms with Crippen LogP contribution in [-0.4, -0.2) is 19.7 Å². The Hall–Kier alpha value is -2.21. The van der Waals surface area contributed by atoms with Crippen LogP contribution in [0.1, 0.15) is 24.7 Å². The fraction of sp³-hybridized carbons (Fsp3) is 0.312. The lowest BCUT2D eigenvalue weighted by molar-refractivity contribution is 0.598. The summed E-state index contributed by atoms with van der Waals surface area (Å²) in [7, 11) is 0. The third kappa shape index (κ3) is 3.17. The SMILES string of the molecule is CCCn1cc(-c2csc(Nc3cccc(C)n3)n2)c(C)n1. The minimum atomic E-state index is 0.819. The van der Waals surface area contributed by atoms with Gasteiger partial charge in [-0.3, -0.25) is 4.68 Å². The van der Waals surface area contributed by atoms with E-state index in [9.17, 15) is 0 Å². The summed E-state index contributed by atoms with van der Waals surface area (Å²) >= 11 is 1.58. The van der Waals surface area contributed by atoms with Gasteiger partial charge >= 0.3 is 0 Å². The second-order valence-electron chi connectivity index (χ2n) is 5.22. The van der Waals surface area contributed by atoms with Crippen molar-refractivity contribution >= 4 is 22.3 Å². The highest BCUT2D eigenvalue weighted by Gasteiger charge is 2.11. The fourth-order valence-corrected chi connectivity index (χ4v) is 3.01. The molecular weight excluding hydrogens is 294 g/mol. The summed E-state index contributed by atoms with van der Waals surface area (Å²) in [6, 6.07) is 5.90. The lowest BCUT2D eigenvalue weighted by Gasteiger charge is -2.01. The Morgan fingerprint density at radius 2 is 2.09 bits per heavy atom. The zero-order valence-corrected chi connectivity index (χ0v) is 13.8. The summed E-state index contributed by atoms with van der Waals surface area (Å²) in [4.78, 5) is 9.09. The Morgan fingerprint density at radius 1 is 1.23 bits per heavy atom. The van der Waals surface area contributed by atoms with E-state index in [1.807, 2.05) is 36.7 Å². The number of aromatic nitrogens is 4. The van der Waals surface area contributed by atoms with Crippen LogP contribution in [0.5, 0.6) is 0 Å². The van der Waals surface area contributed by atoms with Crippen molar-refractivity contribution < 1.29 is 0 Å². The smallest absolute Gasteiger partial charge is 0.188 e. The monoisotopic (exact) mass is 313 g/mol. The largest absolute Gasteiger partial charge is 0.316 e. The molecule has 0 atom stereocenters. The lowest BCUT2D eigenvalue weighted by Crippen LogP contribution is -1.96. The Kier molecular flexibility index (Phi) is 4.20. The van der Waals surface area contributed by atoms with Crippen LogP contribution in [0.3, 0.4) is 0 Å². The molecule has 3 rings (SSSR count). The minimum Gasteiger partial charge on any atom is -0.316 e.